The molecule has 12 heteroatoms. The number of hydrogen-bond donors (Lipinski definition) is 10. The Morgan fingerprint density at radius 2 is 0.706 bits per heavy atom. The highest BCUT2D eigenvalue weighted by atomic mass is 16.5. The van der Waals surface area contributed by atoms with Gasteiger partial charge in [0.25, 0.3) is 0 Å². The molecule has 0 saturated carbocycles. The van der Waals surface area contributed by atoms with Gasteiger partial charge in [-0.05, 0) is 117 Å². The maximum atomic E-state index is 12.8. The third-order valence-electron chi connectivity index (χ3n) is 14.4. The molecule has 4 aliphatic rings. The van der Waals surface area contributed by atoms with Gasteiger partial charge in [-0.25, -0.2) is 0 Å². The van der Waals surface area contributed by atoms with E-state index >= 15 is 0 Å². The second-order valence-electron chi connectivity index (χ2n) is 18.2. The van der Waals surface area contributed by atoms with Crippen LogP contribution in [0.5, 0.6) is 69.0 Å². The molecule has 2 aliphatic heterocycles. The molecule has 2 heterocycles. The summed E-state index contributed by atoms with van der Waals surface area (Å²) in [4.78, 5) is 0. The molecule has 2 aliphatic carbocycles. The van der Waals surface area contributed by atoms with E-state index in [1.165, 1.54) is 30.3 Å². The molecule has 338 valence electrons. The van der Waals surface area contributed by atoms with Crippen molar-refractivity contribution in [2.75, 3.05) is 0 Å². The molecule has 8 aromatic carbocycles. The van der Waals surface area contributed by atoms with Crippen LogP contribution in [0.1, 0.15) is 114 Å². The summed E-state index contributed by atoms with van der Waals surface area (Å²) >= 11 is 0. The minimum atomic E-state index is -0.838. The molecule has 12 nitrogen and oxygen atoms in total. The Morgan fingerprint density at radius 3 is 1.26 bits per heavy atom. The summed E-state index contributed by atoms with van der Waals surface area (Å²) in [5.74, 6) is -4.72. The molecule has 0 radical (unpaired) electrons. The van der Waals surface area contributed by atoms with Gasteiger partial charge in [0.2, 0.25) is 0 Å². The van der Waals surface area contributed by atoms with Gasteiger partial charge < -0.3 is 60.5 Å². The summed E-state index contributed by atoms with van der Waals surface area (Å²) in [7, 11) is 0. The minimum absolute atomic E-state index is 0.0105. The molecule has 12 rings (SSSR count). The predicted molar refractivity (Wildman–Crippen MR) is 248 cm³/mol. The lowest BCUT2D eigenvalue weighted by molar-refractivity contribution is 0.221. The summed E-state index contributed by atoms with van der Waals surface area (Å²) in [6.45, 7) is 0. The van der Waals surface area contributed by atoms with Crippen molar-refractivity contribution in [1.29, 1.82) is 0 Å². The molecule has 8 aromatic rings. The van der Waals surface area contributed by atoms with Crippen molar-refractivity contribution >= 4 is 0 Å². The van der Waals surface area contributed by atoms with Gasteiger partial charge in [0, 0.05) is 70.2 Å². The molecule has 10 N–H and O–H groups in total. The number of rotatable bonds is 6. The Labute approximate surface area is 388 Å². The van der Waals surface area contributed by atoms with Crippen LogP contribution in [-0.4, -0.2) is 51.1 Å². The molecule has 0 saturated heterocycles. The maximum Gasteiger partial charge on any atom is 0.135 e. The zero-order valence-corrected chi connectivity index (χ0v) is 35.8. The van der Waals surface area contributed by atoms with E-state index < -0.39 is 47.7 Å². The lowest BCUT2D eigenvalue weighted by Gasteiger charge is -2.35. The van der Waals surface area contributed by atoms with Crippen molar-refractivity contribution in [3.8, 4) is 69.0 Å². The number of benzene rings is 8. The van der Waals surface area contributed by atoms with Gasteiger partial charge >= 0.3 is 0 Å². The van der Waals surface area contributed by atoms with Crippen molar-refractivity contribution in [3.63, 3.8) is 0 Å². The van der Waals surface area contributed by atoms with E-state index in [0.717, 1.165) is 5.56 Å². The first-order valence-corrected chi connectivity index (χ1v) is 22.2. The van der Waals surface area contributed by atoms with Crippen LogP contribution in [-0.2, 0) is 0 Å². The Hall–Kier alpha value is -8.64. The third kappa shape index (κ3) is 6.20. The van der Waals surface area contributed by atoms with Gasteiger partial charge in [-0.3, -0.25) is 0 Å². The number of phenols is 10. The van der Waals surface area contributed by atoms with Crippen LogP contribution in [0.3, 0.4) is 0 Å². The monoisotopic (exact) mass is 906 g/mol. The van der Waals surface area contributed by atoms with Gasteiger partial charge in [0.1, 0.15) is 81.2 Å². The van der Waals surface area contributed by atoms with Gasteiger partial charge in [0.15, 0.2) is 0 Å². The van der Waals surface area contributed by atoms with Crippen molar-refractivity contribution in [2.24, 2.45) is 0 Å². The molecule has 0 bridgehead atoms. The predicted octanol–water partition coefficient (Wildman–Crippen LogP) is 10.4. The highest BCUT2D eigenvalue weighted by molar-refractivity contribution is 5.74. The summed E-state index contributed by atoms with van der Waals surface area (Å²) in [5, 5.41) is 112. The van der Waals surface area contributed by atoms with Crippen LogP contribution in [0.4, 0.5) is 0 Å². The third-order valence-corrected chi connectivity index (χ3v) is 14.4. The summed E-state index contributed by atoms with van der Waals surface area (Å²) in [6.07, 6.45) is -1.59. The zero-order valence-electron chi connectivity index (χ0n) is 35.8. The second-order valence-corrected chi connectivity index (χ2v) is 18.2. The summed E-state index contributed by atoms with van der Waals surface area (Å²) in [5.41, 5.74) is 7.26. The molecule has 0 aromatic heterocycles. The fourth-order valence-electron chi connectivity index (χ4n) is 12.0. The number of ether oxygens (including phenoxy) is 2. The lowest BCUT2D eigenvalue weighted by Crippen LogP contribution is -2.21. The van der Waals surface area contributed by atoms with E-state index in [2.05, 4.69) is 0 Å². The molecular formula is C56H42O12. The maximum absolute atomic E-state index is 12.8. The largest absolute Gasteiger partial charge is 0.508 e. The SMILES string of the molecule is Oc1ccc(C2Oc3cc(O)cc(C4c5c(O)cc6c7c5C(C(c5ccc(O)cc5)c5c(O)cc(O)cc5C7C(c5ccc(O)cc5)O6)C4c4ccc(O)cc4)c3C2c2cc(O)cc(O)c2)cc1. The van der Waals surface area contributed by atoms with E-state index in [9.17, 15) is 51.1 Å². The van der Waals surface area contributed by atoms with E-state index in [0.29, 0.717) is 72.7 Å². The molecule has 0 spiro atoms. The normalized spacial score (nSPS) is 22.6. The Bertz CT molecular complexity index is 3310. The summed E-state index contributed by atoms with van der Waals surface area (Å²) < 4.78 is 13.7. The standard InChI is InChI=1S/C56H42O12/c57-30-9-1-25(2-10-30)44-47-38(20-36(63)22-40(47)65)50-52-43(68-56(50)28-7-15-33(60)16-8-28)24-41(66)51-49(45(53(44)54(51)52)26-3-11-31(58)12-4-26)39-21-37(64)23-42-48(39)46(29-17-34(61)19-35(62)18-29)55(67-42)27-5-13-32(59)14-6-27/h1-24,44-46,49-50,53,55-66H. The zero-order chi connectivity index (χ0) is 46.9. The van der Waals surface area contributed by atoms with Crippen LogP contribution in [0, 0.1) is 0 Å². The fourth-order valence-corrected chi connectivity index (χ4v) is 12.0. The summed E-state index contributed by atoms with van der Waals surface area (Å²) in [6, 6.07) is 38.6. The number of aromatic hydroxyl groups is 10. The van der Waals surface area contributed by atoms with Crippen molar-refractivity contribution in [3.05, 3.63) is 212 Å². The molecule has 0 amide bonds. The lowest BCUT2D eigenvalue weighted by atomic mass is 9.68. The Morgan fingerprint density at radius 1 is 0.265 bits per heavy atom. The first-order chi connectivity index (χ1) is 32.8. The molecule has 8 unspecified atom stereocenters. The average molecular weight is 907 g/mol. The van der Waals surface area contributed by atoms with Crippen LogP contribution in [0.25, 0.3) is 0 Å². The van der Waals surface area contributed by atoms with Gasteiger partial charge in [-0.1, -0.05) is 48.5 Å². The van der Waals surface area contributed by atoms with E-state index in [-0.39, 0.29) is 57.5 Å². The molecule has 68 heavy (non-hydrogen) atoms. The fraction of sp³-hybridized carbons (Fsp3) is 0.143. The van der Waals surface area contributed by atoms with Crippen molar-refractivity contribution in [1.82, 2.24) is 0 Å². The first kappa shape index (κ1) is 40.8. The topological polar surface area (TPSA) is 221 Å². The van der Waals surface area contributed by atoms with Gasteiger partial charge in [-0.2, -0.15) is 0 Å². The van der Waals surface area contributed by atoms with Crippen molar-refractivity contribution in [2.45, 2.75) is 47.7 Å². The van der Waals surface area contributed by atoms with E-state index in [1.807, 2.05) is 12.1 Å². The minimum Gasteiger partial charge on any atom is -0.508 e. The van der Waals surface area contributed by atoms with E-state index in [1.54, 1.807) is 103 Å². The van der Waals surface area contributed by atoms with Gasteiger partial charge in [-0.15, -0.1) is 0 Å². The molecule has 8 atom stereocenters. The highest BCUT2D eigenvalue weighted by Gasteiger charge is 2.57. The first-order valence-electron chi connectivity index (χ1n) is 22.2. The van der Waals surface area contributed by atoms with E-state index in [4.69, 9.17) is 9.47 Å². The van der Waals surface area contributed by atoms with Crippen LogP contribution in [0.2, 0.25) is 0 Å². The highest BCUT2D eigenvalue weighted by Crippen LogP contribution is 2.72. The average Bonchev–Trinajstić information content (AvgIpc) is 3.96. The Kier molecular flexibility index (Phi) is 8.97. The Balaban J connectivity index is 1.20. The van der Waals surface area contributed by atoms with Crippen molar-refractivity contribution < 1.29 is 60.5 Å². The van der Waals surface area contributed by atoms with Gasteiger partial charge in [0.05, 0.1) is 11.8 Å². The number of phenolic OH excluding ortho intramolecular Hbond substituents is 10. The van der Waals surface area contributed by atoms with Crippen LogP contribution < -0.4 is 9.47 Å². The quantitative estimate of drug-likeness (QED) is 0.0753. The number of hydrogen-bond acceptors (Lipinski definition) is 12. The second kappa shape index (κ2) is 14.9. The number of fused-ring (bicyclic) bond motifs is 3. The van der Waals surface area contributed by atoms with Crippen LogP contribution >= 0.6 is 0 Å². The molecular weight excluding hydrogens is 865 g/mol. The van der Waals surface area contributed by atoms with Crippen LogP contribution in [0.15, 0.2) is 146 Å². The smallest absolute Gasteiger partial charge is 0.135 e. The molecule has 0 fully saturated rings.